The molecular weight excluding hydrogens is 447 g/mol. The van der Waals surface area contributed by atoms with Gasteiger partial charge in [0.15, 0.2) is 5.96 Å². The number of aliphatic imine (C=N–C) groups is 1. The molecule has 1 aromatic carbocycles. The van der Waals surface area contributed by atoms with E-state index in [1.807, 2.05) is 31.2 Å². The Morgan fingerprint density at radius 1 is 1.23 bits per heavy atom. The van der Waals surface area contributed by atoms with Crippen LogP contribution < -0.4 is 25.4 Å². The van der Waals surface area contributed by atoms with E-state index in [4.69, 9.17) is 9.47 Å². The zero-order valence-electron chi connectivity index (χ0n) is 15.6. The molecule has 1 saturated carbocycles. The number of halogens is 1. The molecule has 0 heterocycles. The van der Waals surface area contributed by atoms with E-state index >= 15 is 0 Å². The minimum Gasteiger partial charge on any atom is -0.497 e. The summed E-state index contributed by atoms with van der Waals surface area (Å²) in [7, 11) is 3.35. The SMILES string of the molecule is CN=C(NCCNC(=O)C1CC1)NCC(C)Oc1cccc(OC)c1.I. The first-order valence-electron chi connectivity index (χ1n) is 8.65. The topological polar surface area (TPSA) is 84.0 Å². The first kappa shape index (κ1) is 22.3. The first-order chi connectivity index (χ1) is 12.1. The normalized spacial score (nSPS) is 14.7. The maximum absolute atomic E-state index is 11.5. The molecule has 0 saturated heterocycles. The summed E-state index contributed by atoms with van der Waals surface area (Å²) in [5, 5.41) is 9.29. The summed E-state index contributed by atoms with van der Waals surface area (Å²) in [6.07, 6.45) is 2.00. The molecule has 0 aliphatic heterocycles. The van der Waals surface area contributed by atoms with Crippen LogP contribution in [0.4, 0.5) is 0 Å². The van der Waals surface area contributed by atoms with Crippen LogP contribution in [0.15, 0.2) is 29.3 Å². The Kier molecular flexibility index (Phi) is 10.2. The molecule has 1 amide bonds. The number of carbonyl (C=O) groups is 1. The third kappa shape index (κ3) is 8.11. The van der Waals surface area contributed by atoms with E-state index in [1.54, 1.807) is 14.2 Å². The average molecular weight is 476 g/mol. The van der Waals surface area contributed by atoms with Gasteiger partial charge in [-0.15, -0.1) is 24.0 Å². The lowest BCUT2D eigenvalue weighted by Gasteiger charge is -2.18. The monoisotopic (exact) mass is 476 g/mol. The largest absolute Gasteiger partial charge is 0.497 e. The van der Waals surface area contributed by atoms with Gasteiger partial charge in [-0.05, 0) is 31.9 Å². The lowest BCUT2D eigenvalue weighted by Crippen LogP contribution is -2.44. The molecule has 1 aliphatic carbocycles. The number of benzene rings is 1. The molecule has 0 spiro atoms. The van der Waals surface area contributed by atoms with Gasteiger partial charge in [-0.2, -0.15) is 0 Å². The molecular formula is C18H29IN4O3. The van der Waals surface area contributed by atoms with Gasteiger partial charge < -0.3 is 25.4 Å². The fourth-order valence-corrected chi connectivity index (χ4v) is 2.27. The van der Waals surface area contributed by atoms with Crippen molar-refractivity contribution < 1.29 is 14.3 Å². The number of ether oxygens (including phenoxy) is 2. The van der Waals surface area contributed by atoms with Gasteiger partial charge in [0.05, 0.1) is 13.7 Å². The van der Waals surface area contributed by atoms with Crippen LogP contribution in [0.1, 0.15) is 19.8 Å². The number of hydrogen-bond donors (Lipinski definition) is 3. The van der Waals surface area contributed by atoms with E-state index < -0.39 is 0 Å². The predicted octanol–water partition coefficient (Wildman–Crippen LogP) is 1.77. The van der Waals surface area contributed by atoms with Crippen molar-refractivity contribution in [2.75, 3.05) is 33.8 Å². The minimum atomic E-state index is -0.0415. The van der Waals surface area contributed by atoms with E-state index in [0.717, 1.165) is 24.3 Å². The first-order valence-corrected chi connectivity index (χ1v) is 8.65. The molecule has 0 aromatic heterocycles. The van der Waals surface area contributed by atoms with Crippen molar-refractivity contribution in [1.82, 2.24) is 16.0 Å². The standard InChI is InChI=1S/C18H28N4O3.HI/c1-13(25-16-6-4-5-15(11-16)24-3)12-22-18(19-2)21-10-9-20-17(23)14-7-8-14;/h4-6,11,13-14H,7-10,12H2,1-3H3,(H,20,23)(H2,19,21,22);1H. The van der Waals surface area contributed by atoms with Crippen molar-refractivity contribution in [1.29, 1.82) is 0 Å². The molecule has 1 unspecified atom stereocenters. The number of nitrogens with one attached hydrogen (secondary N) is 3. The van der Waals surface area contributed by atoms with E-state index in [9.17, 15) is 4.79 Å². The number of carbonyl (C=O) groups excluding carboxylic acids is 1. The highest BCUT2D eigenvalue weighted by atomic mass is 127. The number of nitrogens with zero attached hydrogens (tertiary/aromatic N) is 1. The molecule has 8 heteroatoms. The molecule has 1 aromatic rings. The summed E-state index contributed by atoms with van der Waals surface area (Å²) in [5.41, 5.74) is 0. The Hall–Kier alpha value is -1.71. The van der Waals surface area contributed by atoms with Crippen molar-refractivity contribution >= 4 is 35.8 Å². The van der Waals surface area contributed by atoms with Crippen LogP contribution in [0.5, 0.6) is 11.5 Å². The second kappa shape index (κ2) is 11.8. The van der Waals surface area contributed by atoms with E-state index in [2.05, 4.69) is 20.9 Å². The van der Waals surface area contributed by atoms with Gasteiger partial charge in [0.25, 0.3) is 0 Å². The lowest BCUT2D eigenvalue weighted by molar-refractivity contribution is -0.122. The Morgan fingerprint density at radius 3 is 2.58 bits per heavy atom. The summed E-state index contributed by atoms with van der Waals surface area (Å²) in [6, 6.07) is 7.52. The van der Waals surface area contributed by atoms with Crippen molar-refractivity contribution in [2.45, 2.75) is 25.9 Å². The molecule has 1 aliphatic rings. The summed E-state index contributed by atoms with van der Waals surface area (Å²) in [5.74, 6) is 2.61. The van der Waals surface area contributed by atoms with Crippen molar-refractivity contribution in [3.8, 4) is 11.5 Å². The van der Waals surface area contributed by atoms with E-state index in [-0.39, 0.29) is 41.9 Å². The van der Waals surface area contributed by atoms with Gasteiger partial charge in [0, 0.05) is 32.1 Å². The minimum absolute atomic E-state index is 0. The Balaban J connectivity index is 0.00000338. The third-order valence-corrected chi connectivity index (χ3v) is 3.82. The lowest BCUT2D eigenvalue weighted by atomic mass is 10.3. The van der Waals surface area contributed by atoms with E-state index in [0.29, 0.717) is 25.6 Å². The Labute approximate surface area is 172 Å². The van der Waals surface area contributed by atoms with Gasteiger partial charge in [0.1, 0.15) is 17.6 Å². The van der Waals surface area contributed by atoms with Crippen molar-refractivity contribution in [3.63, 3.8) is 0 Å². The Morgan fingerprint density at radius 2 is 1.92 bits per heavy atom. The number of rotatable bonds is 9. The second-order valence-corrected chi connectivity index (χ2v) is 6.05. The highest BCUT2D eigenvalue weighted by molar-refractivity contribution is 14.0. The highest BCUT2D eigenvalue weighted by Crippen LogP contribution is 2.28. The maximum Gasteiger partial charge on any atom is 0.223 e. The molecule has 3 N–H and O–H groups in total. The number of amides is 1. The van der Waals surface area contributed by atoms with Gasteiger partial charge in [-0.25, -0.2) is 0 Å². The fourth-order valence-electron chi connectivity index (χ4n) is 2.27. The summed E-state index contributed by atoms with van der Waals surface area (Å²) in [4.78, 5) is 15.7. The molecule has 0 radical (unpaired) electrons. The van der Waals surface area contributed by atoms with Crippen LogP contribution in [-0.2, 0) is 4.79 Å². The molecule has 1 fully saturated rings. The fraction of sp³-hybridized carbons (Fsp3) is 0.556. The predicted molar refractivity (Wildman–Crippen MR) is 114 cm³/mol. The Bertz CT molecular complexity index is 594. The van der Waals surface area contributed by atoms with Gasteiger partial charge in [-0.1, -0.05) is 6.07 Å². The van der Waals surface area contributed by atoms with Crippen LogP contribution in [0.2, 0.25) is 0 Å². The van der Waals surface area contributed by atoms with Crippen LogP contribution in [-0.4, -0.2) is 51.8 Å². The van der Waals surface area contributed by atoms with E-state index in [1.165, 1.54) is 0 Å². The van der Waals surface area contributed by atoms with Gasteiger partial charge in [-0.3, -0.25) is 9.79 Å². The van der Waals surface area contributed by atoms with Crippen LogP contribution in [0, 0.1) is 5.92 Å². The zero-order valence-corrected chi connectivity index (χ0v) is 17.9. The quantitative estimate of drug-likeness (QED) is 0.219. The van der Waals surface area contributed by atoms with Crippen LogP contribution in [0.3, 0.4) is 0 Å². The van der Waals surface area contributed by atoms with Gasteiger partial charge >= 0.3 is 0 Å². The highest BCUT2D eigenvalue weighted by Gasteiger charge is 2.28. The van der Waals surface area contributed by atoms with Crippen molar-refractivity contribution in [3.05, 3.63) is 24.3 Å². The van der Waals surface area contributed by atoms with Crippen LogP contribution >= 0.6 is 24.0 Å². The third-order valence-electron chi connectivity index (χ3n) is 3.82. The molecule has 7 nitrogen and oxygen atoms in total. The van der Waals surface area contributed by atoms with Crippen molar-refractivity contribution in [2.24, 2.45) is 10.9 Å². The number of guanidine groups is 1. The summed E-state index contributed by atoms with van der Waals surface area (Å²) in [6.45, 7) is 3.80. The number of methoxy groups -OCH3 is 1. The zero-order chi connectivity index (χ0) is 18.1. The molecule has 2 rings (SSSR count). The smallest absolute Gasteiger partial charge is 0.223 e. The van der Waals surface area contributed by atoms with Crippen LogP contribution in [0.25, 0.3) is 0 Å². The molecule has 1 atom stereocenters. The summed E-state index contributed by atoms with van der Waals surface area (Å²) >= 11 is 0. The maximum atomic E-state index is 11.5. The molecule has 26 heavy (non-hydrogen) atoms. The number of hydrogen-bond acceptors (Lipinski definition) is 4. The molecule has 0 bridgehead atoms. The average Bonchev–Trinajstić information content (AvgIpc) is 3.46. The second-order valence-electron chi connectivity index (χ2n) is 6.05. The van der Waals surface area contributed by atoms with Gasteiger partial charge in [0.2, 0.25) is 5.91 Å². The molecule has 146 valence electrons. The summed E-state index contributed by atoms with van der Waals surface area (Å²) < 4.78 is 11.0.